The summed E-state index contributed by atoms with van der Waals surface area (Å²) in [5.41, 5.74) is 10.8. The van der Waals surface area contributed by atoms with Crippen molar-refractivity contribution >= 4 is 23.0 Å². The van der Waals surface area contributed by atoms with Gasteiger partial charge in [-0.1, -0.05) is 0 Å². The minimum absolute atomic E-state index is 0.0373. The summed E-state index contributed by atoms with van der Waals surface area (Å²) < 4.78 is 41.1. The number of carbonyl (C=O) groups is 1. The van der Waals surface area contributed by atoms with Gasteiger partial charge in [0, 0.05) is 72.9 Å². The van der Waals surface area contributed by atoms with Crippen molar-refractivity contribution in [1.82, 2.24) is 19.9 Å². The molecule has 1 amide bonds. The second-order valence-electron chi connectivity index (χ2n) is 9.22. The van der Waals surface area contributed by atoms with Gasteiger partial charge in [0.15, 0.2) is 0 Å². The van der Waals surface area contributed by atoms with E-state index in [4.69, 9.17) is 11.6 Å². The fourth-order valence-corrected chi connectivity index (χ4v) is 4.08. The summed E-state index contributed by atoms with van der Waals surface area (Å²) in [6, 6.07) is 3.60. The van der Waals surface area contributed by atoms with Crippen molar-refractivity contribution < 1.29 is 18.0 Å². The van der Waals surface area contributed by atoms with Crippen molar-refractivity contribution in [2.45, 2.75) is 13.1 Å². The van der Waals surface area contributed by atoms with Crippen LogP contribution in [0.5, 0.6) is 0 Å². The number of aromatic nitrogens is 2. The maximum atomic E-state index is 13.7. The van der Waals surface area contributed by atoms with Gasteiger partial charge >= 0.3 is 6.18 Å². The minimum atomic E-state index is -4.57. The van der Waals surface area contributed by atoms with E-state index in [0.29, 0.717) is 35.6 Å². The highest BCUT2D eigenvalue weighted by Crippen LogP contribution is 2.35. The molecule has 4 rings (SSSR count). The molecule has 1 aromatic carbocycles. The number of benzene rings is 1. The Labute approximate surface area is 224 Å². The molecule has 0 bridgehead atoms. The lowest BCUT2D eigenvalue weighted by molar-refractivity contribution is -0.137. The molecule has 0 atom stereocenters. The van der Waals surface area contributed by atoms with Gasteiger partial charge in [0.2, 0.25) is 0 Å². The zero-order valence-corrected chi connectivity index (χ0v) is 21.5. The molecular formula is C27H29F3N8O. The highest BCUT2D eigenvalue weighted by molar-refractivity contribution is 6.06. The molecule has 39 heavy (non-hydrogen) atoms. The number of hydrazine groups is 1. The largest absolute Gasteiger partial charge is 0.416 e. The van der Waals surface area contributed by atoms with Crippen LogP contribution < -0.4 is 21.8 Å². The summed E-state index contributed by atoms with van der Waals surface area (Å²) in [4.78, 5) is 25.1. The molecule has 1 aliphatic heterocycles. The average Bonchev–Trinajstić information content (AvgIpc) is 3.10. The smallest absolute Gasteiger partial charge is 0.397 e. The predicted octanol–water partition coefficient (Wildman–Crippen LogP) is 3.24. The first kappa shape index (κ1) is 27.6. The summed E-state index contributed by atoms with van der Waals surface area (Å²) in [6.45, 7) is 4.36. The Hall–Kier alpha value is -4.38. The summed E-state index contributed by atoms with van der Waals surface area (Å²) in [6.07, 6.45) is 5.87. The van der Waals surface area contributed by atoms with Gasteiger partial charge in [-0.05, 0) is 50.4 Å². The molecule has 2 aromatic rings. The first-order valence-electron chi connectivity index (χ1n) is 12.1. The number of alkyl halides is 3. The number of halogens is 3. The van der Waals surface area contributed by atoms with E-state index in [-0.39, 0.29) is 17.0 Å². The number of anilines is 2. The Kier molecular flexibility index (Phi) is 8.20. The molecule has 1 saturated heterocycles. The molecule has 0 saturated carbocycles. The van der Waals surface area contributed by atoms with Crippen LogP contribution in [0, 0.1) is 0 Å². The monoisotopic (exact) mass is 538 g/mol. The van der Waals surface area contributed by atoms with Crippen LogP contribution in [0.1, 0.15) is 18.1 Å². The summed E-state index contributed by atoms with van der Waals surface area (Å²) in [7, 11) is 1.96. The summed E-state index contributed by atoms with van der Waals surface area (Å²) >= 11 is 0. The number of rotatable bonds is 6. The molecule has 5 N–H and O–H groups in total. The molecule has 204 valence electrons. The van der Waals surface area contributed by atoms with Gasteiger partial charge in [-0.3, -0.25) is 9.80 Å². The maximum absolute atomic E-state index is 13.7. The first-order chi connectivity index (χ1) is 18.5. The Morgan fingerprint density at radius 3 is 2.51 bits per heavy atom. The number of nitrogens with zero attached hydrogens (tertiary/aromatic N) is 5. The Bertz CT molecular complexity index is 1380. The lowest BCUT2D eigenvalue weighted by Gasteiger charge is -2.34. The number of hydrogen-bond donors (Lipinski definition) is 3. The van der Waals surface area contributed by atoms with Crippen LogP contribution in [0.2, 0.25) is 0 Å². The summed E-state index contributed by atoms with van der Waals surface area (Å²) in [5, 5.41) is 3.86. The Morgan fingerprint density at radius 2 is 1.85 bits per heavy atom. The zero-order chi connectivity index (χ0) is 28.2. The fourth-order valence-electron chi connectivity index (χ4n) is 4.08. The van der Waals surface area contributed by atoms with E-state index < -0.39 is 17.6 Å². The number of amides is 1. The molecule has 1 aromatic heterocycles. The molecule has 12 heteroatoms. The van der Waals surface area contributed by atoms with Gasteiger partial charge in [0.05, 0.1) is 17.0 Å². The van der Waals surface area contributed by atoms with Crippen molar-refractivity contribution in [2.24, 2.45) is 11.6 Å². The molecular weight excluding hydrogens is 509 g/mol. The van der Waals surface area contributed by atoms with E-state index >= 15 is 0 Å². The third-order valence-electron chi connectivity index (χ3n) is 6.32. The fraction of sp³-hybridized carbons (Fsp3) is 0.259. The second-order valence-corrected chi connectivity index (χ2v) is 9.22. The lowest BCUT2D eigenvalue weighted by atomic mass is 10.1. The van der Waals surface area contributed by atoms with E-state index in [9.17, 15) is 18.0 Å². The van der Waals surface area contributed by atoms with Crippen LogP contribution in [0.25, 0.3) is 5.70 Å². The van der Waals surface area contributed by atoms with Crippen LogP contribution in [0.3, 0.4) is 0 Å². The van der Waals surface area contributed by atoms with E-state index in [2.05, 4.69) is 25.9 Å². The van der Waals surface area contributed by atoms with E-state index in [0.717, 1.165) is 25.2 Å². The quantitative estimate of drug-likeness (QED) is 0.292. The topological polar surface area (TPSA) is 117 Å². The zero-order valence-electron chi connectivity index (χ0n) is 21.5. The summed E-state index contributed by atoms with van der Waals surface area (Å²) in [5.74, 6) is 5.64. The molecule has 2 heterocycles. The van der Waals surface area contributed by atoms with Crippen molar-refractivity contribution in [2.75, 3.05) is 43.4 Å². The second kappa shape index (κ2) is 11.6. The molecule has 1 fully saturated rings. The number of likely N-dealkylation sites (N-methyl/N-ethyl adjacent to an activating group) is 1. The predicted molar refractivity (Wildman–Crippen MR) is 143 cm³/mol. The van der Waals surface area contributed by atoms with Gasteiger partial charge < -0.3 is 20.9 Å². The van der Waals surface area contributed by atoms with Gasteiger partial charge in [-0.2, -0.15) is 13.2 Å². The van der Waals surface area contributed by atoms with Crippen LogP contribution >= 0.6 is 0 Å². The van der Waals surface area contributed by atoms with Crippen molar-refractivity contribution in [3.8, 4) is 0 Å². The van der Waals surface area contributed by atoms with E-state index in [1.807, 2.05) is 11.9 Å². The van der Waals surface area contributed by atoms with Gasteiger partial charge in [-0.25, -0.2) is 15.8 Å². The highest BCUT2D eigenvalue weighted by Gasteiger charge is 2.32. The number of piperazine rings is 1. The number of nitrogens with one attached hydrogen (secondary N) is 1. The molecule has 0 radical (unpaired) electrons. The van der Waals surface area contributed by atoms with Crippen LogP contribution in [-0.2, 0) is 11.0 Å². The van der Waals surface area contributed by atoms with Crippen LogP contribution in [0.4, 0.5) is 24.5 Å². The molecule has 0 unspecified atom stereocenters. The Balaban J connectivity index is 1.60. The minimum Gasteiger partial charge on any atom is -0.397 e. The number of hydrogen-bond acceptors (Lipinski definition) is 8. The van der Waals surface area contributed by atoms with Crippen LogP contribution in [0.15, 0.2) is 83.9 Å². The lowest BCUT2D eigenvalue weighted by Crippen LogP contribution is -2.44. The van der Waals surface area contributed by atoms with Crippen molar-refractivity contribution in [3.05, 3.63) is 95.0 Å². The third kappa shape index (κ3) is 6.94. The standard InChI is InChI=1S/C27H29F3N8O/c1-18-4-3-5-19(10-25(18)38(32)16-24(31)20-14-33-17-34-15-20)26(39)35-22-11-21(27(28,29)30)12-23(13-22)37-8-6-36(2)7-9-37/h3,5,10-17H,6-9,31-32H2,1-2H3,(H,35,39)/b24-16-. The molecule has 2 aliphatic rings. The van der Waals surface area contributed by atoms with Crippen LogP contribution in [-0.4, -0.2) is 59.0 Å². The maximum Gasteiger partial charge on any atom is 0.416 e. The van der Waals surface area contributed by atoms with Crippen molar-refractivity contribution in [3.63, 3.8) is 0 Å². The SMILES string of the molecule is CC1=C=CC=C(C(=O)Nc2cc(N3CCN(C)CC3)cc(C(F)(F)F)c2)C=C1N(N)/C=C(\N)c1cncnc1. The number of carbonyl (C=O) groups excluding carboxylic acids is 1. The third-order valence-corrected chi connectivity index (χ3v) is 6.32. The van der Waals surface area contributed by atoms with Gasteiger partial charge in [0.25, 0.3) is 5.91 Å². The highest BCUT2D eigenvalue weighted by atomic mass is 19.4. The molecule has 9 nitrogen and oxygen atoms in total. The first-order valence-corrected chi connectivity index (χ1v) is 12.1. The van der Waals surface area contributed by atoms with Crippen molar-refractivity contribution in [1.29, 1.82) is 0 Å². The van der Waals surface area contributed by atoms with Gasteiger partial charge in [-0.15, -0.1) is 5.73 Å². The normalized spacial score (nSPS) is 16.7. The molecule has 1 aliphatic carbocycles. The van der Waals surface area contributed by atoms with E-state index in [1.165, 1.54) is 42.1 Å². The molecule has 0 spiro atoms. The Morgan fingerprint density at radius 1 is 1.15 bits per heavy atom. The number of allylic oxidation sites excluding steroid dienone is 2. The number of nitrogens with two attached hydrogens (primary N) is 2. The van der Waals surface area contributed by atoms with E-state index in [1.54, 1.807) is 19.1 Å². The average molecular weight is 539 g/mol. The van der Waals surface area contributed by atoms with Gasteiger partial charge in [0.1, 0.15) is 6.33 Å².